The van der Waals surface area contributed by atoms with E-state index in [4.69, 9.17) is 0 Å². The maximum absolute atomic E-state index is 11.1. The van der Waals surface area contributed by atoms with E-state index in [1.807, 2.05) is 12.1 Å². The van der Waals surface area contributed by atoms with Crippen LogP contribution in [0.4, 0.5) is 0 Å². The van der Waals surface area contributed by atoms with Crippen molar-refractivity contribution in [2.45, 2.75) is 39.5 Å². The summed E-state index contributed by atoms with van der Waals surface area (Å²) >= 11 is 3.12. The van der Waals surface area contributed by atoms with Crippen molar-refractivity contribution in [3.63, 3.8) is 0 Å². The molecule has 0 radical (unpaired) electrons. The van der Waals surface area contributed by atoms with Crippen LogP contribution < -0.4 is 0 Å². The van der Waals surface area contributed by atoms with Crippen molar-refractivity contribution in [2.24, 2.45) is 5.41 Å². The minimum Gasteiger partial charge on any atom is -0.297 e. The third-order valence-electron chi connectivity index (χ3n) is 4.24. The standard InChI is InChI=1S/C17H18O2S2/c1-17(2)5-3-11-7-13(9-18)20-15(11)16-12(4-6-17)8-14(10-19)21-16/h7-10H,3-6H2,1-2H3. The van der Waals surface area contributed by atoms with Gasteiger partial charge in [0.15, 0.2) is 12.6 Å². The fourth-order valence-electron chi connectivity index (χ4n) is 2.84. The van der Waals surface area contributed by atoms with Gasteiger partial charge in [0.05, 0.1) is 9.75 Å². The van der Waals surface area contributed by atoms with Crippen LogP contribution in [0.3, 0.4) is 0 Å². The van der Waals surface area contributed by atoms with Crippen molar-refractivity contribution in [3.8, 4) is 9.75 Å². The second-order valence-electron chi connectivity index (χ2n) is 6.41. The summed E-state index contributed by atoms with van der Waals surface area (Å²) in [6, 6.07) is 4.05. The number of thiophene rings is 2. The highest BCUT2D eigenvalue weighted by molar-refractivity contribution is 7.23. The molecular formula is C17H18O2S2. The van der Waals surface area contributed by atoms with E-state index in [1.165, 1.54) is 20.9 Å². The third kappa shape index (κ3) is 2.87. The first-order valence-electron chi connectivity index (χ1n) is 7.18. The molecule has 0 spiro atoms. The topological polar surface area (TPSA) is 34.1 Å². The molecule has 0 N–H and O–H groups in total. The van der Waals surface area contributed by atoms with Crippen molar-refractivity contribution in [3.05, 3.63) is 33.0 Å². The number of aryl methyl sites for hydroxylation is 2. The highest BCUT2D eigenvalue weighted by atomic mass is 32.1. The molecule has 1 aliphatic carbocycles. The number of carbonyl (C=O) groups is 2. The fraction of sp³-hybridized carbons (Fsp3) is 0.412. The molecule has 0 fully saturated rings. The summed E-state index contributed by atoms with van der Waals surface area (Å²) in [5.41, 5.74) is 2.81. The molecule has 21 heavy (non-hydrogen) atoms. The minimum absolute atomic E-state index is 0.283. The lowest BCUT2D eigenvalue weighted by atomic mass is 9.82. The summed E-state index contributed by atoms with van der Waals surface area (Å²) in [4.78, 5) is 26.2. The average molecular weight is 318 g/mol. The summed E-state index contributed by atoms with van der Waals surface area (Å²) in [5.74, 6) is 0. The summed E-state index contributed by atoms with van der Waals surface area (Å²) in [5, 5.41) is 0. The van der Waals surface area contributed by atoms with Crippen LogP contribution in [-0.4, -0.2) is 12.6 Å². The van der Waals surface area contributed by atoms with E-state index in [9.17, 15) is 9.59 Å². The van der Waals surface area contributed by atoms with Gasteiger partial charge in [-0.1, -0.05) is 13.8 Å². The van der Waals surface area contributed by atoms with E-state index in [2.05, 4.69) is 13.8 Å². The van der Waals surface area contributed by atoms with E-state index >= 15 is 0 Å². The third-order valence-corrected chi connectivity index (χ3v) is 6.61. The lowest BCUT2D eigenvalue weighted by Crippen LogP contribution is -2.13. The predicted octanol–water partition coefficient (Wildman–Crippen LogP) is 5.01. The molecule has 2 aromatic heterocycles. The molecule has 0 bridgehead atoms. The number of carbonyl (C=O) groups excluding carboxylic acids is 2. The van der Waals surface area contributed by atoms with E-state index in [-0.39, 0.29) is 5.41 Å². The van der Waals surface area contributed by atoms with Crippen LogP contribution in [0.5, 0.6) is 0 Å². The number of aldehydes is 2. The first kappa shape index (κ1) is 14.7. The zero-order valence-electron chi connectivity index (χ0n) is 12.3. The van der Waals surface area contributed by atoms with Crippen LogP contribution in [0.15, 0.2) is 12.1 Å². The van der Waals surface area contributed by atoms with Gasteiger partial charge >= 0.3 is 0 Å². The Morgan fingerprint density at radius 3 is 1.71 bits per heavy atom. The fourth-order valence-corrected chi connectivity index (χ4v) is 5.10. The highest BCUT2D eigenvalue weighted by Gasteiger charge is 2.25. The number of hydrogen-bond donors (Lipinski definition) is 0. The summed E-state index contributed by atoms with van der Waals surface area (Å²) in [6.45, 7) is 4.61. The summed E-state index contributed by atoms with van der Waals surface area (Å²) in [6.07, 6.45) is 6.13. The van der Waals surface area contributed by atoms with Crippen LogP contribution in [0.1, 0.15) is 57.2 Å². The molecule has 0 unspecified atom stereocenters. The minimum atomic E-state index is 0.283. The molecule has 0 amide bonds. The molecule has 0 aliphatic heterocycles. The Kier molecular flexibility index (Phi) is 3.84. The van der Waals surface area contributed by atoms with Crippen molar-refractivity contribution < 1.29 is 9.59 Å². The number of hydrogen-bond acceptors (Lipinski definition) is 4. The lowest BCUT2D eigenvalue weighted by molar-refractivity contribution is 0.111. The first-order valence-corrected chi connectivity index (χ1v) is 8.82. The van der Waals surface area contributed by atoms with E-state index in [0.29, 0.717) is 0 Å². The van der Waals surface area contributed by atoms with E-state index < -0.39 is 0 Å². The van der Waals surface area contributed by atoms with Gasteiger partial charge in [-0.25, -0.2) is 0 Å². The van der Waals surface area contributed by atoms with Crippen LogP contribution in [0.25, 0.3) is 9.75 Å². The smallest absolute Gasteiger partial charge is 0.160 e. The molecule has 110 valence electrons. The van der Waals surface area contributed by atoms with Crippen LogP contribution in [0.2, 0.25) is 0 Å². The molecule has 1 aliphatic rings. The first-order chi connectivity index (χ1) is 10.0. The van der Waals surface area contributed by atoms with Gasteiger partial charge in [-0.3, -0.25) is 9.59 Å². The Labute approximate surface area is 132 Å². The maximum atomic E-state index is 11.1. The Balaban J connectivity index is 2.16. The number of rotatable bonds is 2. The van der Waals surface area contributed by atoms with Crippen molar-refractivity contribution in [1.82, 2.24) is 0 Å². The van der Waals surface area contributed by atoms with Crippen molar-refractivity contribution in [1.29, 1.82) is 0 Å². The summed E-state index contributed by atoms with van der Waals surface area (Å²) < 4.78 is 0. The zero-order chi connectivity index (χ0) is 15.0. The average Bonchev–Trinajstić information content (AvgIpc) is 3.05. The van der Waals surface area contributed by atoms with Gasteiger partial charge < -0.3 is 0 Å². The van der Waals surface area contributed by atoms with Gasteiger partial charge in [-0.05, 0) is 54.4 Å². The normalized spacial score (nSPS) is 17.0. The van der Waals surface area contributed by atoms with Crippen molar-refractivity contribution >= 4 is 35.2 Å². The van der Waals surface area contributed by atoms with Crippen LogP contribution in [0, 0.1) is 5.41 Å². The molecular weight excluding hydrogens is 300 g/mol. The van der Waals surface area contributed by atoms with Gasteiger partial charge in [-0.2, -0.15) is 0 Å². The highest BCUT2D eigenvalue weighted by Crippen LogP contribution is 2.43. The molecule has 4 heteroatoms. The maximum Gasteiger partial charge on any atom is 0.160 e. The Morgan fingerprint density at radius 2 is 1.33 bits per heavy atom. The van der Waals surface area contributed by atoms with Crippen LogP contribution >= 0.6 is 22.7 Å². The Morgan fingerprint density at radius 1 is 0.905 bits per heavy atom. The largest absolute Gasteiger partial charge is 0.297 e. The Hall–Kier alpha value is -1.26. The molecule has 0 atom stereocenters. The Bertz CT molecular complexity index is 633. The molecule has 0 saturated carbocycles. The molecule has 2 aromatic rings. The molecule has 2 nitrogen and oxygen atoms in total. The zero-order valence-corrected chi connectivity index (χ0v) is 13.9. The number of fused-ring (bicyclic) bond motifs is 3. The van der Waals surface area contributed by atoms with Gasteiger partial charge in [0.25, 0.3) is 0 Å². The van der Waals surface area contributed by atoms with Crippen LogP contribution in [-0.2, 0) is 12.8 Å². The second-order valence-corrected chi connectivity index (χ2v) is 8.57. The monoisotopic (exact) mass is 318 g/mol. The van der Waals surface area contributed by atoms with Gasteiger partial charge in [0, 0.05) is 9.75 Å². The molecule has 3 rings (SSSR count). The van der Waals surface area contributed by atoms with E-state index in [0.717, 1.165) is 48.0 Å². The molecule has 2 heterocycles. The predicted molar refractivity (Wildman–Crippen MR) is 88.8 cm³/mol. The lowest BCUT2D eigenvalue weighted by Gasteiger charge is -2.23. The second kappa shape index (κ2) is 5.50. The van der Waals surface area contributed by atoms with Crippen molar-refractivity contribution in [2.75, 3.05) is 0 Å². The van der Waals surface area contributed by atoms with E-state index in [1.54, 1.807) is 22.7 Å². The summed E-state index contributed by atoms with van der Waals surface area (Å²) in [7, 11) is 0. The SMILES string of the molecule is CC1(C)CCc2cc(C=O)sc2-c2sc(C=O)cc2CC1. The quantitative estimate of drug-likeness (QED) is 0.730. The van der Waals surface area contributed by atoms with Gasteiger partial charge in [0.1, 0.15) is 0 Å². The van der Waals surface area contributed by atoms with Gasteiger partial charge in [0.2, 0.25) is 0 Å². The molecule has 0 saturated heterocycles. The van der Waals surface area contributed by atoms with Gasteiger partial charge in [-0.15, -0.1) is 22.7 Å². The molecule has 0 aromatic carbocycles.